The minimum absolute atomic E-state index is 0.0742. The van der Waals surface area contributed by atoms with Crippen LogP contribution in [0.3, 0.4) is 0 Å². The molecule has 1 aliphatic carbocycles. The standard InChI is InChI=1S/C13H22N3O/c1-11-4-6-12(7-5-11)15(3)13(17)16-9-8-14(2)10-16/h8-12H,4-7H2,1-3H3/q+1. The van der Waals surface area contributed by atoms with Crippen molar-refractivity contribution in [1.29, 1.82) is 0 Å². The minimum atomic E-state index is 0.0742. The summed E-state index contributed by atoms with van der Waals surface area (Å²) in [7, 11) is 3.84. The van der Waals surface area contributed by atoms with E-state index in [9.17, 15) is 4.79 Å². The van der Waals surface area contributed by atoms with E-state index >= 15 is 0 Å². The molecule has 1 fully saturated rings. The van der Waals surface area contributed by atoms with Crippen molar-refractivity contribution in [2.75, 3.05) is 7.05 Å². The van der Waals surface area contributed by atoms with E-state index in [1.165, 1.54) is 12.8 Å². The van der Waals surface area contributed by atoms with Gasteiger partial charge in [0.2, 0.25) is 0 Å². The molecule has 0 spiro atoms. The molecule has 1 heterocycles. The topological polar surface area (TPSA) is 29.1 Å². The fraction of sp³-hybridized carbons (Fsp3) is 0.692. The first-order valence-corrected chi connectivity index (χ1v) is 6.38. The number of amides is 1. The van der Waals surface area contributed by atoms with Gasteiger partial charge in [-0.15, -0.1) is 0 Å². The van der Waals surface area contributed by atoms with E-state index < -0.39 is 0 Å². The van der Waals surface area contributed by atoms with E-state index in [-0.39, 0.29) is 6.03 Å². The zero-order chi connectivity index (χ0) is 12.4. The van der Waals surface area contributed by atoms with Gasteiger partial charge in [0.05, 0.1) is 7.05 Å². The van der Waals surface area contributed by atoms with Crippen LogP contribution in [0.1, 0.15) is 32.6 Å². The number of aryl methyl sites for hydroxylation is 1. The number of carbonyl (C=O) groups is 1. The van der Waals surface area contributed by atoms with Crippen LogP contribution in [0.25, 0.3) is 0 Å². The third kappa shape index (κ3) is 2.68. The molecule has 4 heteroatoms. The van der Waals surface area contributed by atoms with Gasteiger partial charge in [-0.2, -0.15) is 4.57 Å². The summed E-state index contributed by atoms with van der Waals surface area (Å²) in [5, 5.41) is 0. The number of hydrogen-bond acceptors (Lipinski definition) is 1. The van der Waals surface area contributed by atoms with Crippen LogP contribution in [0, 0.1) is 5.92 Å². The quantitative estimate of drug-likeness (QED) is 0.683. The smallest absolute Gasteiger partial charge is 0.304 e. The van der Waals surface area contributed by atoms with Gasteiger partial charge in [0.25, 0.3) is 6.33 Å². The van der Waals surface area contributed by atoms with Gasteiger partial charge >= 0.3 is 6.03 Å². The molecule has 0 aliphatic heterocycles. The Bertz CT molecular complexity index is 391. The van der Waals surface area contributed by atoms with E-state index in [1.54, 1.807) is 4.57 Å². The molecule has 2 rings (SSSR count). The number of imidazole rings is 1. The monoisotopic (exact) mass is 236 g/mol. The van der Waals surface area contributed by atoms with Gasteiger partial charge in [-0.25, -0.2) is 9.36 Å². The number of rotatable bonds is 1. The summed E-state index contributed by atoms with van der Waals surface area (Å²) in [6.07, 6.45) is 10.3. The van der Waals surface area contributed by atoms with Gasteiger partial charge in [0, 0.05) is 13.1 Å². The van der Waals surface area contributed by atoms with Crippen LogP contribution in [0.2, 0.25) is 0 Å². The molecule has 0 radical (unpaired) electrons. The van der Waals surface area contributed by atoms with Crippen LogP contribution < -0.4 is 4.57 Å². The average molecular weight is 236 g/mol. The Morgan fingerprint density at radius 3 is 2.53 bits per heavy atom. The van der Waals surface area contributed by atoms with Gasteiger partial charge in [0.15, 0.2) is 0 Å². The highest BCUT2D eigenvalue weighted by molar-refractivity contribution is 5.76. The van der Waals surface area contributed by atoms with Gasteiger partial charge in [-0.3, -0.25) is 0 Å². The molecule has 1 amide bonds. The highest BCUT2D eigenvalue weighted by atomic mass is 16.2. The predicted octanol–water partition coefficient (Wildman–Crippen LogP) is 1.79. The molecule has 94 valence electrons. The molecule has 0 aromatic carbocycles. The Morgan fingerprint density at radius 1 is 1.35 bits per heavy atom. The first kappa shape index (κ1) is 12.1. The van der Waals surface area contributed by atoms with Crippen molar-refractivity contribution in [2.45, 2.75) is 38.6 Å². The second-order valence-corrected chi connectivity index (χ2v) is 5.29. The fourth-order valence-corrected chi connectivity index (χ4v) is 2.53. The molecule has 4 nitrogen and oxygen atoms in total. The van der Waals surface area contributed by atoms with Crippen molar-refractivity contribution < 1.29 is 9.36 Å². The summed E-state index contributed by atoms with van der Waals surface area (Å²) >= 11 is 0. The maximum absolute atomic E-state index is 12.2. The average Bonchev–Trinajstić information content (AvgIpc) is 2.75. The van der Waals surface area contributed by atoms with Crippen LogP contribution in [-0.4, -0.2) is 28.6 Å². The fourth-order valence-electron chi connectivity index (χ4n) is 2.53. The summed E-state index contributed by atoms with van der Waals surface area (Å²) in [4.78, 5) is 14.1. The summed E-state index contributed by atoms with van der Waals surface area (Å²) in [5.41, 5.74) is 0. The molecule has 1 saturated carbocycles. The van der Waals surface area contributed by atoms with Crippen LogP contribution >= 0.6 is 0 Å². The van der Waals surface area contributed by atoms with Gasteiger partial charge in [0.1, 0.15) is 12.4 Å². The summed E-state index contributed by atoms with van der Waals surface area (Å²) in [6.45, 7) is 2.30. The van der Waals surface area contributed by atoms with Gasteiger partial charge < -0.3 is 4.90 Å². The number of nitrogens with zero attached hydrogens (tertiary/aromatic N) is 3. The summed E-state index contributed by atoms with van der Waals surface area (Å²) in [6, 6.07) is 0.483. The Balaban J connectivity index is 2.00. The SMILES string of the molecule is CC1CCC(N(C)C(=O)n2cc[n+](C)c2)CC1. The van der Waals surface area contributed by atoms with Crippen molar-refractivity contribution in [1.82, 2.24) is 9.47 Å². The van der Waals surface area contributed by atoms with Crippen molar-refractivity contribution in [3.8, 4) is 0 Å². The van der Waals surface area contributed by atoms with Gasteiger partial charge in [-0.1, -0.05) is 6.92 Å². The lowest BCUT2D eigenvalue weighted by molar-refractivity contribution is -0.670. The van der Waals surface area contributed by atoms with E-state index in [0.717, 1.165) is 18.8 Å². The maximum atomic E-state index is 12.2. The second-order valence-electron chi connectivity index (χ2n) is 5.29. The van der Waals surface area contributed by atoms with E-state index in [1.807, 2.05) is 42.3 Å². The largest absolute Gasteiger partial charge is 0.415 e. The number of hydrogen-bond donors (Lipinski definition) is 0. The third-order valence-electron chi connectivity index (χ3n) is 3.82. The molecular weight excluding hydrogens is 214 g/mol. The molecule has 1 aromatic rings. The maximum Gasteiger partial charge on any atom is 0.415 e. The van der Waals surface area contributed by atoms with Crippen LogP contribution in [0.15, 0.2) is 18.7 Å². The highest BCUT2D eigenvalue weighted by Gasteiger charge is 2.27. The Labute approximate surface area is 103 Å². The Hall–Kier alpha value is -1.32. The first-order valence-electron chi connectivity index (χ1n) is 6.38. The highest BCUT2D eigenvalue weighted by Crippen LogP contribution is 2.26. The van der Waals surface area contributed by atoms with E-state index in [0.29, 0.717) is 6.04 Å². The van der Waals surface area contributed by atoms with Gasteiger partial charge in [-0.05, 0) is 31.6 Å². The second kappa shape index (κ2) is 4.90. The molecular formula is C13H22N3O+. The first-order chi connectivity index (χ1) is 8.08. The van der Waals surface area contributed by atoms with Crippen LogP contribution in [-0.2, 0) is 7.05 Å². The minimum Gasteiger partial charge on any atom is -0.304 e. The number of aromatic nitrogens is 2. The Kier molecular flexibility index (Phi) is 3.50. The predicted molar refractivity (Wildman–Crippen MR) is 65.6 cm³/mol. The van der Waals surface area contributed by atoms with E-state index in [4.69, 9.17) is 0 Å². The van der Waals surface area contributed by atoms with E-state index in [2.05, 4.69) is 6.92 Å². The summed E-state index contributed by atoms with van der Waals surface area (Å²) in [5.74, 6) is 0.819. The molecule has 17 heavy (non-hydrogen) atoms. The zero-order valence-corrected chi connectivity index (χ0v) is 11.0. The molecule has 0 bridgehead atoms. The van der Waals surface area contributed by atoms with Crippen molar-refractivity contribution >= 4 is 6.03 Å². The molecule has 0 atom stereocenters. The molecule has 0 N–H and O–H groups in total. The number of carbonyl (C=O) groups excluding carboxylic acids is 1. The normalized spacial score (nSPS) is 24.6. The molecule has 1 aliphatic rings. The molecule has 1 aromatic heterocycles. The molecule has 0 unspecified atom stereocenters. The van der Waals surface area contributed by atoms with Crippen LogP contribution in [0.4, 0.5) is 4.79 Å². The third-order valence-corrected chi connectivity index (χ3v) is 3.82. The Morgan fingerprint density at radius 2 is 2.00 bits per heavy atom. The van der Waals surface area contributed by atoms with Crippen molar-refractivity contribution in [3.63, 3.8) is 0 Å². The van der Waals surface area contributed by atoms with Crippen molar-refractivity contribution in [2.24, 2.45) is 13.0 Å². The lowest BCUT2D eigenvalue weighted by Crippen LogP contribution is -2.41. The lowest BCUT2D eigenvalue weighted by atomic mass is 9.87. The van der Waals surface area contributed by atoms with Crippen LogP contribution in [0.5, 0.6) is 0 Å². The summed E-state index contributed by atoms with van der Waals surface area (Å²) < 4.78 is 3.53. The van der Waals surface area contributed by atoms with Crippen molar-refractivity contribution in [3.05, 3.63) is 18.7 Å². The molecule has 0 saturated heterocycles. The lowest BCUT2D eigenvalue weighted by Gasteiger charge is -2.32. The zero-order valence-electron chi connectivity index (χ0n) is 11.0.